The molecular weight excluding hydrogens is 249 g/mol. The van der Waals surface area contributed by atoms with Crippen molar-refractivity contribution in [3.8, 4) is 0 Å². The van der Waals surface area contributed by atoms with Crippen molar-refractivity contribution in [2.75, 3.05) is 0 Å². The van der Waals surface area contributed by atoms with Crippen molar-refractivity contribution >= 4 is 0 Å². The van der Waals surface area contributed by atoms with Crippen molar-refractivity contribution in [3.05, 3.63) is 35.1 Å². The Bertz CT molecular complexity index is 496. The van der Waals surface area contributed by atoms with Gasteiger partial charge in [-0.15, -0.1) is 0 Å². The Morgan fingerprint density at radius 2 is 1.65 bits per heavy atom. The summed E-state index contributed by atoms with van der Waals surface area (Å²) in [6, 6.07) is 5.55. The van der Waals surface area contributed by atoms with Gasteiger partial charge in [0.15, 0.2) is 0 Å². The summed E-state index contributed by atoms with van der Waals surface area (Å²) in [7, 11) is 0. The number of nitrogens with two attached hydrogens (primary N) is 1. The van der Waals surface area contributed by atoms with Crippen LogP contribution in [-0.2, 0) is 0 Å². The normalized spacial score (nSPS) is 40.0. The Balaban J connectivity index is 1.62. The van der Waals surface area contributed by atoms with Gasteiger partial charge in [-0.2, -0.15) is 0 Å². The molecule has 4 fully saturated rings. The molecule has 1 atom stereocenters. The summed E-state index contributed by atoms with van der Waals surface area (Å²) in [6.07, 6.45) is 7.05. The molecule has 0 spiro atoms. The summed E-state index contributed by atoms with van der Waals surface area (Å²) < 4.78 is 13.5. The first-order valence-corrected chi connectivity index (χ1v) is 8.13. The summed E-state index contributed by atoms with van der Waals surface area (Å²) >= 11 is 0. The maximum absolute atomic E-state index is 13.5. The lowest BCUT2D eigenvalue weighted by Gasteiger charge is -2.56. The van der Waals surface area contributed by atoms with E-state index in [0.717, 1.165) is 34.8 Å². The molecule has 0 radical (unpaired) electrons. The van der Waals surface area contributed by atoms with Crippen molar-refractivity contribution in [3.63, 3.8) is 0 Å². The van der Waals surface area contributed by atoms with E-state index < -0.39 is 0 Å². The molecule has 4 aliphatic carbocycles. The van der Waals surface area contributed by atoms with E-state index in [1.807, 2.05) is 19.1 Å². The molecular formula is C18H24FN. The molecule has 4 aliphatic rings. The molecule has 0 heterocycles. The van der Waals surface area contributed by atoms with Gasteiger partial charge in [-0.3, -0.25) is 0 Å². The molecule has 108 valence electrons. The van der Waals surface area contributed by atoms with E-state index >= 15 is 0 Å². The fourth-order valence-electron chi connectivity index (χ4n) is 5.65. The second-order valence-electron chi connectivity index (χ2n) is 7.54. The molecule has 1 nitrogen and oxygen atoms in total. The molecule has 4 saturated carbocycles. The molecule has 4 bridgehead atoms. The van der Waals surface area contributed by atoms with Crippen molar-refractivity contribution in [2.24, 2.45) is 35.3 Å². The van der Waals surface area contributed by atoms with Gasteiger partial charge in [0, 0.05) is 6.04 Å². The molecule has 20 heavy (non-hydrogen) atoms. The average molecular weight is 273 g/mol. The zero-order valence-electron chi connectivity index (χ0n) is 12.2. The summed E-state index contributed by atoms with van der Waals surface area (Å²) in [5.74, 6) is 4.13. The SMILES string of the molecule is Cc1cc(C(N)C2C3CC4CC(C3)CC2C4)ccc1F. The zero-order chi connectivity index (χ0) is 13.9. The number of halogens is 1. The van der Waals surface area contributed by atoms with Crippen LogP contribution in [0.25, 0.3) is 0 Å². The van der Waals surface area contributed by atoms with Crippen LogP contribution in [-0.4, -0.2) is 0 Å². The smallest absolute Gasteiger partial charge is 0.126 e. The van der Waals surface area contributed by atoms with Gasteiger partial charge in [0.1, 0.15) is 5.82 Å². The minimum absolute atomic E-state index is 0.101. The van der Waals surface area contributed by atoms with Gasteiger partial charge in [-0.25, -0.2) is 4.39 Å². The largest absolute Gasteiger partial charge is 0.324 e. The van der Waals surface area contributed by atoms with E-state index in [1.165, 1.54) is 32.1 Å². The number of aryl methyl sites for hydroxylation is 1. The van der Waals surface area contributed by atoms with Crippen LogP contribution >= 0.6 is 0 Å². The van der Waals surface area contributed by atoms with Crippen molar-refractivity contribution < 1.29 is 4.39 Å². The summed E-state index contributed by atoms with van der Waals surface area (Å²) in [4.78, 5) is 0. The second-order valence-corrected chi connectivity index (χ2v) is 7.54. The molecule has 0 aromatic heterocycles. The third-order valence-corrected chi connectivity index (χ3v) is 6.28. The highest BCUT2D eigenvalue weighted by atomic mass is 19.1. The number of hydrogen-bond donors (Lipinski definition) is 1. The van der Waals surface area contributed by atoms with Gasteiger partial charge in [-0.05, 0) is 85.8 Å². The lowest BCUT2D eigenvalue weighted by atomic mass is 9.50. The average Bonchev–Trinajstić information content (AvgIpc) is 2.40. The number of rotatable bonds is 2. The maximum atomic E-state index is 13.5. The fourth-order valence-corrected chi connectivity index (χ4v) is 5.65. The monoisotopic (exact) mass is 273 g/mol. The van der Waals surface area contributed by atoms with Crippen LogP contribution in [0.3, 0.4) is 0 Å². The van der Waals surface area contributed by atoms with E-state index in [9.17, 15) is 4.39 Å². The number of benzene rings is 1. The predicted molar refractivity (Wildman–Crippen MR) is 78.6 cm³/mol. The highest BCUT2D eigenvalue weighted by Gasteiger charge is 2.50. The first-order chi connectivity index (χ1) is 9.61. The Hall–Kier alpha value is -0.890. The fraction of sp³-hybridized carbons (Fsp3) is 0.667. The van der Waals surface area contributed by atoms with Gasteiger partial charge in [-0.1, -0.05) is 12.1 Å². The standard InChI is InChI=1S/C18H24FN/c1-10-4-13(2-3-16(10)19)18(20)17-14-6-11-5-12(8-14)9-15(17)7-11/h2-4,11-12,14-15,17-18H,5-9,20H2,1H3. The minimum atomic E-state index is -0.119. The van der Waals surface area contributed by atoms with E-state index in [2.05, 4.69) is 0 Å². The van der Waals surface area contributed by atoms with Crippen molar-refractivity contribution in [1.82, 2.24) is 0 Å². The minimum Gasteiger partial charge on any atom is -0.324 e. The quantitative estimate of drug-likeness (QED) is 0.858. The highest BCUT2D eigenvalue weighted by molar-refractivity contribution is 5.27. The molecule has 2 N–H and O–H groups in total. The van der Waals surface area contributed by atoms with Crippen LogP contribution < -0.4 is 5.73 Å². The van der Waals surface area contributed by atoms with Gasteiger partial charge < -0.3 is 5.73 Å². The molecule has 5 rings (SSSR count). The Labute approximate surface area is 120 Å². The van der Waals surface area contributed by atoms with E-state index in [0.29, 0.717) is 5.92 Å². The molecule has 0 saturated heterocycles. The third-order valence-electron chi connectivity index (χ3n) is 6.28. The lowest BCUT2D eigenvalue weighted by Crippen LogP contribution is -2.48. The van der Waals surface area contributed by atoms with Crippen LogP contribution in [0.4, 0.5) is 4.39 Å². The Morgan fingerprint density at radius 3 is 2.20 bits per heavy atom. The first kappa shape index (κ1) is 12.8. The summed E-state index contributed by atoms with van der Waals surface area (Å²) in [5.41, 5.74) is 8.48. The van der Waals surface area contributed by atoms with E-state index in [1.54, 1.807) is 6.07 Å². The Kier molecular flexibility index (Phi) is 2.92. The molecule has 1 aromatic carbocycles. The van der Waals surface area contributed by atoms with Crippen LogP contribution in [0, 0.1) is 42.3 Å². The zero-order valence-corrected chi connectivity index (χ0v) is 12.2. The molecule has 1 unspecified atom stereocenters. The molecule has 0 aliphatic heterocycles. The third kappa shape index (κ3) is 1.92. The van der Waals surface area contributed by atoms with Crippen LogP contribution in [0.5, 0.6) is 0 Å². The van der Waals surface area contributed by atoms with Crippen LogP contribution in [0.15, 0.2) is 18.2 Å². The van der Waals surface area contributed by atoms with Crippen LogP contribution in [0.1, 0.15) is 49.3 Å². The van der Waals surface area contributed by atoms with Gasteiger partial charge in [0.05, 0.1) is 0 Å². The second kappa shape index (κ2) is 4.56. The van der Waals surface area contributed by atoms with Crippen molar-refractivity contribution in [2.45, 2.75) is 45.1 Å². The molecule has 0 amide bonds. The van der Waals surface area contributed by atoms with Gasteiger partial charge >= 0.3 is 0 Å². The maximum Gasteiger partial charge on any atom is 0.126 e. The predicted octanol–water partition coefficient (Wildman–Crippen LogP) is 4.21. The first-order valence-electron chi connectivity index (χ1n) is 8.13. The highest BCUT2D eigenvalue weighted by Crippen LogP contribution is 2.58. The van der Waals surface area contributed by atoms with E-state index in [-0.39, 0.29) is 11.9 Å². The van der Waals surface area contributed by atoms with Gasteiger partial charge in [0.2, 0.25) is 0 Å². The van der Waals surface area contributed by atoms with E-state index in [4.69, 9.17) is 5.73 Å². The lowest BCUT2D eigenvalue weighted by molar-refractivity contribution is -0.0471. The summed E-state index contributed by atoms with van der Waals surface area (Å²) in [5, 5.41) is 0. The number of hydrogen-bond acceptors (Lipinski definition) is 1. The summed E-state index contributed by atoms with van der Waals surface area (Å²) in [6.45, 7) is 1.84. The molecule has 2 heteroatoms. The van der Waals surface area contributed by atoms with Crippen LogP contribution in [0.2, 0.25) is 0 Å². The topological polar surface area (TPSA) is 26.0 Å². The van der Waals surface area contributed by atoms with Gasteiger partial charge in [0.25, 0.3) is 0 Å². The Morgan fingerprint density at radius 1 is 1.05 bits per heavy atom. The molecule has 1 aromatic rings. The van der Waals surface area contributed by atoms with Crippen molar-refractivity contribution in [1.29, 1.82) is 0 Å².